The Labute approximate surface area is 127 Å². The van der Waals surface area contributed by atoms with Crippen LogP contribution in [0.25, 0.3) is 0 Å². The van der Waals surface area contributed by atoms with E-state index in [1.807, 2.05) is 20.0 Å². The number of benzene rings is 1. The van der Waals surface area contributed by atoms with Crippen LogP contribution in [0.5, 0.6) is 0 Å². The van der Waals surface area contributed by atoms with E-state index in [2.05, 4.69) is 16.3 Å². The van der Waals surface area contributed by atoms with Gasteiger partial charge in [-0.05, 0) is 75.9 Å². The number of hydrogen-bond donors (Lipinski definition) is 1. The van der Waals surface area contributed by atoms with Gasteiger partial charge < -0.3 is 5.32 Å². The average molecular weight is 290 g/mol. The van der Waals surface area contributed by atoms with Crippen molar-refractivity contribution < 1.29 is 4.39 Å². The molecule has 1 aromatic rings. The summed E-state index contributed by atoms with van der Waals surface area (Å²) >= 11 is 0. The minimum absolute atomic E-state index is 0.0595. The number of likely N-dealkylation sites (tertiary alicyclic amines) is 1. The molecule has 2 atom stereocenters. The fourth-order valence-corrected chi connectivity index (χ4v) is 3.82. The van der Waals surface area contributed by atoms with E-state index in [0.717, 1.165) is 18.2 Å². The first-order valence-electron chi connectivity index (χ1n) is 8.37. The third kappa shape index (κ3) is 3.29. The second-order valence-electron chi connectivity index (χ2n) is 6.74. The lowest BCUT2D eigenvalue weighted by Crippen LogP contribution is -2.37. The van der Waals surface area contributed by atoms with E-state index < -0.39 is 0 Å². The van der Waals surface area contributed by atoms with E-state index in [1.54, 1.807) is 6.07 Å². The van der Waals surface area contributed by atoms with Gasteiger partial charge in [0.05, 0.1) is 0 Å². The van der Waals surface area contributed by atoms with Crippen molar-refractivity contribution in [1.29, 1.82) is 0 Å². The number of nitrogens with one attached hydrogen (secondary N) is 1. The first-order valence-corrected chi connectivity index (χ1v) is 8.37. The van der Waals surface area contributed by atoms with Crippen LogP contribution in [0.4, 0.5) is 4.39 Å². The lowest BCUT2D eigenvalue weighted by atomic mass is 9.88. The maximum Gasteiger partial charge on any atom is 0.126 e. The zero-order chi connectivity index (χ0) is 14.8. The Balaban J connectivity index is 1.94. The van der Waals surface area contributed by atoms with Crippen LogP contribution in [-0.2, 0) is 0 Å². The van der Waals surface area contributed by atoms with Crippen molar-refractivity contribution in [2.24, 2.45) is 5.92 Å². The maximum atomic E-state index is 14.1. The van der Waals surface area contributed by atoms with Crippen LogP contribution in [0, 0.1) is 18.7 Å². The largest absolute Gasteiger partial charge is 0.319 e. The van der Waals surface area contributed by atoms with Gasteiger partial charge in [-0.15, -0.1) is 0 Å². The molecule has 0 spiro atoms. The molecule has 0 bridgehead atoms. The van der Waals surface area contributed by atoms with Crippen molar-refractivity contribution in [3.8, 4) is 0 Å². The highest BCUT2D eigenvalue weighted by Gasteiger charge is 2.39. The fourth-order valence-electron chi connectivity index (χ4n) is 3.82. The number of halogens is 1. The van der Waals surface area contributed by atoms with Gasteiger partial charge in [-0.1, -0.05) is 18.6 Å². The van der Waals surface area contributed by atoms with Gasteiger partial charge in [0.25, 0.3) is 0 Å². The number of hydrogen-bond acceptors (Lipinski definition) is 2. The van der Waals surface area contributed by atoms with Gasteiger partial charge in [0.2, 0.25) is 0 Å². The van der Waals surface area contributed by atoms with Crippen molar-refractivity contribution in [2.45, 2.75) is 51.1 Å². The van der Waals surface area contributed by atoms with Crippen molar-refractivity contribution in [3.05, 3.63) is 35.1 Å². The molecule has 2 unspecified atom stereocenters. The molecule has 3 rings (SSSR count). The molecule has 116 valence electrons. The van der Waals surface area contributed by atoms with E-state index in [0.29, 0.717) is 12.0 Å². The summed E-state index contributed by atoms with van der Waals surface area (Å²) in [7, 11) is 2.03. The van der Waals surface area contributed by atoms with Crippen LogP contribution < -0.4 is 5.32 Å². The molecule has 0 radical (unpaired) electrons. The van der Waals surface area contributed by atoms with Crippen molar-refractivity contribution in [3.63, 3.8) is 0 Å². The van der Waals surface area contributed by atoms with Crippen molar-refractivity contribution in [2.75, 3.05) is 20.1 Å². The lowest BCUT2D eigenvalue weighted by Gasteiger charge is -2.36. The summed E-state index contributed by atoms with van der Waals surface area (Å²) in [5, 5.41) is 3.35. The van der Waals surface area contributed by atoms with Crippen molar-refractivity contribution >= 4 is 0 Å². The summed E-state index contributed by atoms with van der Waals surface area (Å²) in [4.78, 5) is 2.67. The molecule has 2 aliphatic rings. The van der Waals surface area contributed by atoms with Crippen molar-refractivity contribution in [1.82, 2.24) is 10.2 Å². The second-order valence-corrected chi connectivity index (χ2v) is 6.74. The van der Waals surface area contributed by atoms with E-state index in [9.17, 15) is 4.39 Å². The molecule has 0 amide bonds. The summed E-state index contributed by atoms with van der Waals surface area (Å²) < 4.78 is 14.1. The molecule has 21 heavy (non-hydrogen) atoms. The summed E-state index contributed by atoms with van der Waals surface area (Å²) in [5.74, 6) is 0.524. The third-order valence-electron chi connectivity index (χ3n) is 5.06. The van der Waals surface area contributed by atoms with Gasteiger partial charge in [-0.3, -0.25) is 4.90 Å². The van der Waals surface area contributed by atoms with Crippen LogP contribution in [0.1, 0.15) is 49.3 Å². The Hall–Kier alpha value is -0.930. The number of nitrogens with zero attached hydrogens (tertiary/aromatic N) is 1. The molecule has 1 saturated heterocycles. The highest BCUT2D eigenvalue weighted by atomic mass is 19.1. The lowest BCUT2D eigenvalue weighted by molar-refractivity contribution is 0.145. The van der Waals surface area contributed by atoms with Gasteiger partial charge in [0, 0.05) is 12.1 Å². The summed E-state index contributed by atoms with van der Waals surface area (Å²) in [6.07, 6.45) is 6.44. The zero-order valence-corrected chi connectivity index (χ0v) is 13.2. The van der Waals surface area contributed by atoms with Crippen LogP contribution in [0.2, 0.25) is 0 Å². The predicted molar refractivity (Wildman–Crippen MR) is 84.9 cm³/mol. The van der Waals surface area contributed by atoms with E-state index in [-0.39, 0.29) is 5.82 Å². The molecule has 2 nitrogen and oxygen atoms in total. The predicted octanol–water partition coefficient (Wildman–Crippen LogP) is 3.66. The van der Waals surface area contributed by atoms with Gasteiger partial charge in [-0.25, -0.2) is 4.39 Å². The SMILES string of the molecule is CNCC1CCCCN(C2CC2)C1c1ccc(C)c(F)c1. The second kappa shape index (κ2) is 6.45. The minimum atomic E-state index is -0.0595. The summed E-state index contributed by atoms with van der Waals surface area (Å²) in [6, 6.07) is 6.98. The molecule has 0 aromatic heterocycles. The monoisotopic (exact) mass is 290 g/mol. The first-order chi connectivity index (χ1) is 10.2. The quantitative estimate of drug-likeness (QED) is 0.910. The normalized spacial score (nSPS) is 27.6. The van der Waals surface area contributed by atoms with Gasteiger partial charge in [-0.2, -0.15) is 0 Å². The number of aryl methyl sites for hydroxylation is 1. The summed E-state index contributed by atoms with van der Waals surface area (Å²) in [6.45, 7) is 4.03. The highest BCUT2D eigenvalue weighted by molar-refractivity contribution is 5.27. The van der Waals surface area contributed by atoms with Crippen LogP contribution in [0.15, 0.2) is 18.2 Å². The Bertz CT molecular complexity index is 484. The Morgan fingerprint density at radius 2 is 2.05 bits per heavy atom. The fraction of sp³-hybridized carbons (Fsp3) is 0.667. The molecule has 1 aliphatic carbocycles. The standard InChI is InChI=1S/C18H27FN2/c1-13-6-7-14(11-17(13)19)18-15(12-20-2)5-3-4-10-21(18)16-8-9-16/h6-7,11,15-16,18,20H,3-5,8-10,12H2,1-2H3. The molecule has 1 N–H and O–H groups in total. The number of rotatable bonds is 4. The highest BCUT2D eigenvalue weighted by Crippen LogP contribution is 2.42. The Morgan fingerprint density at radius 1 is 1.24 bits per heavy atom. The average Bonchev–Trinajstić information content (AvgIpc) is 3.28. The molecule has 1 saturated carbocycles. The van der Waals surface area contributed by atoms with Crippen LogP contribution in [0.3, 0.4) is 0 Å². The minimum Gasteiger partial charge on any atom is -0.319 e. The van der Waals surface area contributed by atoms with E-state index in [4.69, 9.17) is 0 Å². The molecule has 1 aliphatic heterocycles. The molecule has 1 aromatic carbocycles. The van der Waals surface area contributed by atoms with Crippen LogP contribution >= 0.6 is 0 Å². The zero-order valence-electron chi connectivity index (χ0n) is 13.2. The first kappa shape index (κ1) is 15.0. The molecular formula is C18H27FN2. The topological polar surface area (TPSA) is 15.3 Å². The van der Waals surface area contributed by atoms with E-state index in [1.165, 1.54) is 44.2 Å². The molecular weight excluding hydrogens is 263 g/mol. The Kier molecular flexibility index (Phi) is 4.60. The van der Waals surface area contributed by atoms with Crippen LogP contribution in [-0.4, -0.2) is 31.1 Å². The maximum absolute atomic E-state index is 14.1. The molecule has 1 heterocycles. The third-order valence-corrected chi connectivity index (χ3v) is 5.06. The Morgan fingerprint density at radius 3 is 2.71 bits per heavy atom. The molecule has 3 heteroatoms. The van der Waals surface area contributed by atoms with E-state index >= 15 is 0 Å². The van der Waals surface area contributed by atoms with Gasteiger partial charge in [0.1, 0.15) is 5.82 Å². The molecule has 2 fully saturated rings. The van der Waals surface area contributed by atoms with Gasteiger partial charge >= 0.3 is 0 Å². The van der Waals surface area contributed by atoms with Gasteiger partial charge in [0.15, 0.2) is 0 Å². The smallest absolute Gasteiger partial charge is 0.126 e. The summed E-state index contributed by atoms with van der Waals surface area (Å²) in [5.41, 5.74) is 1.92.